The zero-order valence-electron chi connectivity index (χ0n) is 27.0. The second kappa shape index (κ2) is 16.2. The molecule has 10 nitrogen and oxygen atoms in total. The summed E-state index contributed by atoms with van der Waals surface area (Å²) in [6.45, 7) is 8.62. The number of ether oxygens (including phenoxy) is 2. The Kier molecular flexibility index (Phi) is 12.1. The van der Waals surface area contributed by atoms with E-state index >= 15 is 0 Å². The molecule has 0 aliphatic carbocycles. The van der Waals surface area contributed by atoms with E-state index < -0.39 is 0 Å². The van der Waals surface area contributed by atoms with Crippen LogP contribution in [0.3, 0.4) is 0 Å². The Morgan fingerprint density at radius 2 is 1.18 bits per heavy atom. The van der Waals surface area contributed by atoms with Crippen LogP contribution in [0.4, 0.5) is 11.4 Å². The maximum atomic E-state index is 11.2. The van der Waals surface area contributed by atoms with Gasteiger partial charge < -0.3 is 30.7 Å². The monoisotopic (exact) mass is 632 g/mol. The molecular weight excluding hydrogens is 588 g/mol. The molecule has 4 N–H and O–H groups in total. The highest BCUT2D eigenvalue weighted by molar-refractivity contribution is 8.00. The molecule has 0 spiro atoms. The van der Waals surface area contributed by atoms with Crippen LogP contribution in [-0.4, -0.2) is 61.2 Å². The normalized spacial score (nSPS) is 12.4. The number of rotatable bonds is 16. The number of hydrogen-bond donors (Lipinski definition) is 4. The van der Waals surface area contributed by atoms with Crippen molar-refractivity contribution < 1.29 is 19.1 Å². The maximum Gasteiger partial charge on any atom is 0.216 e. The van der Waals surface area contributed by atoms with Crippen molar-refractivity contribution in [2.45, 2.75) is 75.3 Å². The summed E-state index contributed by atoms with van der Waals surface area (Å²) in [5.41, 5.74) is 3.48. The van der Waals surface area contributed by atoms with E-state index in [1.807, 2.05) is 24.3 Å². The third-order valence-electron chi connectivity index (χ3n) is 7.44. The topological polar surface area (TPSA) is 127 Å². The predicted molar refractivity (Wildman–Crippen MR) is 183 cm³/mol. The number of benzene rings is 2. The molecule has 11 heteroatoms. The van der Waals surface area contributed by atoms with E-state index in [1.165, 1.54) is 13.8 Å². The Morgan fingerprint density at radius 1 is 0.756 bits per heavy atom. The summed E-state index contributed by atoms with van der Waals surface area (Å²) in [5.74, 6) is 1.42. The minimum atomic E-state index is -0.0143. The fourth-order valence-electron chi connectivity index (χ4n) is 5.26. The Morgan fingerprint density at radius 3 is 1.56 bits per heavy atom. The molecule has 0 aliphatic rings. The van der Waals surface area contributed by atoms with Gasteiger partial charge in [0.25, 0.3) is 0 Å². The van der Waals surface area contributed by atoms with Gasteiger partial charge in [-0.2, -0.15) is 0 Å². The van der Waals surface area contributed by atoms with Crippen LogP contribution in [0.15, 0.2) is 58.6 Å². The second-order valence-corrected chi connectivity index (χ2v) is 12.2. The molecule has 0 saturated carbocycles. The van der Waals surface area contributed by atoms with Gasteiger partial charge in [0, 0.05) is 74.3 Å². The molecule has 45 heavy (non-hydrogen) atoms. The number of carbonyl (C=O) groups is 2. The molecule has 240 valence electrons. The molecule has 2 aromatic heterocycles. The van der Waals surface area contributed by atoms with E-state index in [2.05, 4.69) is 47.2 Å². The van der Waals surface area contributed by atoms with Gasteiger partial charge in [-0.15, -0.1) is 0 Å². The SMILES string of the molecule is COc1cc(NC(C)CCCNC(C)=O)c2ncccc2c1Sc1c(OC)cc(NC(C)CCCNC(C)=O)c2ncccc12. The van der Waals surface area contributed by atoms with Crippen molar-refractivity contribution in [2.24, 2.45) is 0 Å². The third-order valence-corrected chi connectivity index (χ3v) is 8.69. The van der Waals surface area contributed by atoms with E-state index in [4.69, 9.17) is 19.4 Å². The Balaban J connectivity index is 1.66. The summed E-state index contributed by atoms with van der Waals surface area (Å²) in [4.78, 5) is 33.8. The summed E-state index contributed by atoms with van der Waals surface area (Å²) >= 11 is 1.58. The molecule has 2 unspecified atom stereocenters. The molecule has 0 fully saturated rings. The zero-order chi connectivity index (χ0) is 32.3. The molecule has 2 amide bonds. The molecule has 0 bridgehead atoms. The maximum absolute atomic E-state index is 11.2. The van der Waals surface area contributed by atoms with Crippen LogP contribution in [0.1, 0.15) is 53.4 Å². The van der Waals surface area contributed by atoms with Crippen molar-refractivity contribution in [2.75, 3.05) is 37.9 Å². The van der Waals surface area contributed by atoms with Crippen molar-refractivity contribution in [3.05, 3.63) is 48.8 Å². The van der Waals surface area contributed by atoms with E-state index in [-0.39, 0.29) is 23.9 Å². The molecule has 2 heterocycles. The predicted octanol–water partition coefficient (Wildman–Crippen LogP) is 6.38. The largest absolute Gasteiger partial charge is 0.495 e. The number of fused-ring (bicyclic) bond motifs is 2. The summed E-state index contributed by atoms with van der Waals surface area (Å²) in [5, 5.41) is 14.9. The molecular formula is C34H44N6O4S. The highest BCUT2D eigenvalue weighted by atomic mass is 32.2. The Labute approximate surface area is 269 Å². The van der Waals surface area contributed by atoms with Crippen molar-refractivity contribution in [3.63, 3.8) is 0 Å². The highest BCUT2D eigenvalue weighted by Crippen LogP contribution is 2.49. The van der Waals surface area contributed by atoms with E-state index in [1.54, 1.807) is 38.4 Å². The Hall–Kier alpha value is -4.25. The van der Waals surface area contributed by atoms with Crippen molar-refractivity contribution in [3.8, 4) is 11.5 Å². The minimum absolute atomic E-state index is 0.0143. The van der Waals surface area contributed by atoms with Gasteiger partial charge >= 0.3 is 0 Å². The number of anilines is 2. The molecule has 2 atom stereocenters. The van der Waals surface area contributed by atoms with Crippen LogP contribution in [0.25, 0.3) is 21.8 Å². The van der Waals surface area contributed by atoms with Crippen LogP contribution >= 0.6 is 11.8 Å². The molecule has 0 aliphatic heterocycles. The number of nitrogens with zero attached hydrogens (tertiary/aromatic N) is 2. The second-order valence-electron chi connectivity index (χ2n) is 11.2. The third kappa shape index (κ3) is 8.91. The van der Waals surface area contributed by atoms with Gasteiger partial charge in [0.1, 0.15) is 11.5 Å². The number of methoxy groups -OCH3 is 2. The fourth-order valence-corrected chi connectivity index (χ4v) is 6.50. The number of pyridine rings is 2. The average Bonchev–Trinajstić information content (AvgIpc) is 3.03. The first-order valence-electron chi connectivity index (χ1n) is 15.3. The van der Waals surface area contributed by atoms with Gasteiger partial charge in [-0.1, -0.05) is 11.8 Å². The smallest absolute Gasteiger partial charge is 0.216 e. The van der Waals surface area contributed by atoms with Crippen LogP contribution < -0.4 is 30.7 Å². The first kappa shape index (κ1) is 33.6. The highest BCUT2D eigenvalue weighted by Gasteiger charge is 2.21. The standard InChI is InChI=1S/C34H44N6O4S/c1-21(11-7-15-35-23(3)41)39-27-19-29(43-5)33(25-13-9-17-37-31(25)27)45-34-26-14-10-18-38-32(26)28(20-30(34)44-6)40-22(2)12-8-16-36-24(4)42/h9-10,13-14,17-22,39-40H,7-8,11-12,15-16H2,1-6H3,(H,35,41)(H,36,42). The number of amides is 2. The van der Waals surface area contributed by atoms with Gasteiger partial charge in [0.2, 0.25) is 11.8 Å². The number of hydrogen-bond acceptors (Lipinski definition) is 9. The number of aromatic nitrogens is 2. The van der Waals surface area contributed by atoms with Gasteiger partial charge in [-0.25, -0.2) is 0 Å². The lowest BCUT2D eigenvalue weighted by Gasteiger charge is -2.22. The Bertz CT molecular complexity index is 1510. The van der Waals surface area contributed by atoms with Crippen LogP contribution in [0.5, 0.6) is 11.5 Å². The fraction of sp³-hybridized carbons (Fsp3) is 0.412. The van der Waals surface area contributed by atoms with E-state index in [0.717, 1.165) is 80.2 Å². The lowest BCUT2D eigenvalue weighted by Crippen LogP contribution is -2.23. The van der Waals surface area contributed by atoms with Crippen molar-refractivity contribution >= 4 is 56.8 Å². The summed E-state index contributed by atoms with van der Waals surface area (Å²) in [6.07, 6.45) is 7.11. The summed E-state index contributed by atoms with van der Waals surface area (Å²) in [7, 11) is 3.36. The number of nitrogens with one attached hydrogen (secondary N) is 4. The molecule has 2 aromatic carbocycles. The lowest BCUT2D eigenvalue weighted by atomic mass is 10.1. The van der Waals surface area contributed by atoms with Gasteiger partial charge in [-0.05, 0) is 63.8 Å². The first-order chi connectivity index (χ1) is 21.7. The van der Waals surface area contributed by atoms with Gasteiger partial charge in [-0.3, -0.25) is 19.6 Å². The molecule has 0 radical (unpaired) electrons. The molecule has 4 aromatic rings. The zero-order valence-corrected chi connectivity index (χ0v) is 27.8. The average molecular weight is 633 g/mol. The van der Waals surface area contributed by atoms with Crippen LogP contribution in [0.2, 0.25) is 0 Å². The summed E-state index contributed by atoms with van der Waals surface area (Å²) in [6, 6.07) is 12.3. The summed E-state index contributed by atoms with van der Waals surface area (Å²) < 4.78 is 11.9. The van der Waals surface area contributed by atoms with Gasteiger partial charge in [0.15, 0.2) is 0 Å². The van der Waals surface area contributed by atoms with Crippen molar-refractivity contribution in [1.82, 2.24) is 20.6 Å². The van der Waals surface area contributed by atoms with E-state index in [0.29, 0.717) is 13.1 Å². The molecule has 4 rings (SSSR count). The number of carbonyl (C=O) groups excluding carboxylic acids is 2. The first-order valence-corrected chi connectivity index (χ1v) is 16.1. The quantitative estimate of drug-likeness (QED) is 0.104. The van der Waals surface area contributed by atoms with E-state index in [9.17, 15) is 9.59 Å². The van der Waals surface area contributed by atoms with Crippen LogP contribution in [-0.2, 0) is 9.59 Å². The lowest BCUT2D eigenvalue weighted by molar-refractivity contribution is -0.119. The van der Waals surface area contributed by atoms with Gasteiger partial charge in [0.05, 0.1) is 46.4 Å². The molecule has 0 saturated heterocycles. The van der Waals surface area contributed by atoms with Crippen LogP contribution in [0, 0.1) is 0 Å². The minimum Gasteiger partial charge on any atom is -0.495 e. The van der Waals surface area contributed by atoms with Crippen molar-refractivity contribution in [1.29, 1.82) is 0 Å².